The molecule has 0 saturated carbocycles. The van der Waals surface area contributed by atoms with Crippen molar-refractivity contribution in [1.82, 2.24) is 10.2 Å². The van der Waals surface area contributed by atoms with Crippen LogP contribution in [0.4, 0.5) is 5.69 Å². The Morgan fingerprint density at radius 1 is 1.24 bits per heavy atom. The zero-order valence-corrected chi connectivity index (χ0v) is 11.5. The fourth-order valence-corrected chi connectivity index (χ4v) is 2.57. The minimum Gasteiger partial charge on any atom is -0.378 e. The molecular weight excluding hydrogens is 277 g/mol. The lowest BCUT2D eigenvalue weighted by atomic mass is 10.3. The van der Waals surface area contributed by atoms with E-state index in [0.717, 1.165) is 6.42 Å². The molecule has 3 nitrogen and oxygen atoms in total. The zero-order valence-electron chi connectivity index (χ0n) is 9.20. The predicted octanol–water partition coefficient (Wildman–Crippen LogP) is 4.02. The molecule has 0 radical (unpaired) electrons. The smallest absolute Gasteiger partial charge is 0.174 e. The summed E-state index contributed by atoms with van der Waals surface area (Å²) in [5.74, 6) is 0. The number of hydrogen-bond acceptors (Lipinski definition) is 4. The van der Waals surface area contributed by atoms with Gasteiger partial charge in [0.25, 0.3) is 0 Å². The van der Waals surface area contributed by atoms with Crippen LogP contribution >= 0.6 is 34.5 Å². The van der Waals surface area contributed by atoms with Crippen LogP contribution in [-0.4, -0.2) is 10.2 Å². The summed E-state index contributed by atoms with van der Waals surface area (Å²) in [6.07, 6.45) is 1.06. The molecule has 0 amide bonds. The molecule has 2 aromatic rings. The highest BCUT2D eigenvalue weighted by atomic mass is 35.5. The van der Waals surface area contributed by atoms with Crippen LogP contribution in [0.3, 0.4) is 0 Å². The first-order chi connectivity index (χ1) is 8.19. The second-order valence-electron chi connectivity index (χ2n) is 3.45. The summed E-state index contributed by atoms with van der Waals surface area (Å²) in [5.41, 5.74) is 0.707. The summed E-state index contributed by atoms with van der Waals surface area (Å²) < 4.78 is 0. The van der Waals surface area contributed by atoms with Gasteiger partial charge in [-0.3, -0.25) is 0 Å². The van der Waals surface area contributed by atoms with E-state index in [1.54, 1.807) is 17.4 Å². The van der Waals surface area contributed by atoms with Gasteiger partial charge in [-0.05, 0) is 18.6 Å². The first kappa shape index (κ1) is 12.6. The maximum absolute atomic E-state index is 5.90. The van der Waals surface area contributed by atoms with E-state index in [1.165, 1.54) is 9.75 Å². The van der Waals surface area contributed by atoms with Crippen molar-refractivity contribution in [3.63, 3.8) is 0 Å². The molecule has 0 unspecified atom stereocenters. The third kappa shape index (κ3) is 3.31. The molecule has 0 atom stereocenters. The average Bonchev–Trinajstić information content (AvgIpc) is 2.78. The van der Waals surface area contributed by atoms with Crippen molar-refractivity contribution in [2.45, 2.75) is 19.9 Å². The van der Waals surface area contributed by atoms with Crippen LogP contribution in [0.25, 0.3) is 0 Å². The Morgan fingerprint density at radius 3 is 2.71 bits per heavy atom. The Kier molecular flexibility index (Phi) is 4.20. The van der Waals surface area contributed by atoms with Crippen LogP contribution in [0.2, 0.25) is 10.3 Å². The lowest BCUT2D eigenvalue weighted by Gasteiger charge is -2.05. The molecule has 0 aliphatic rings. The third-order valence-electron chi connectivity index (χ3n) is 2.24. The number of halogens is 2. The Hall–Kier alpha value is -0.840. The van der Waals surface area contributed by atoms with Gasteiger partial charge in [-0.2, -0.15) is 0 Å². The van der Waals surface area contributed by atoms with Crippen molar-refractivity contribution in [3.05, 3.63) is 38.3 Å². The summed E-state index contributed by atoms with van der Waals surface area (Å²) in [5, 5.41) is 11.3. The molecule has 0 spiro atoms. The van der Waals surface area contributed by atoms with Gasteiger partial charge < -0.3 is 5.32 Å². The normalized spacial score (nSPS) is 10.5. The molecule has 1 N–H and O–H groups in total. The standard InChI is InChI=1S/C11H11Cl2N3S/c1-2-7-3-4-8(17-7)6-14-9-5-10(12)15-16-11(9)13/h3-5H,2,6H2,1H3,(H,14,15). The van der Waals surface area contributed by atoms with E-state index < -0.39 is 0 Å². The maximum atomic E-state index is 5.90. The maximum Gasteiger partial charge on any atom is 0.174 e. The molecule has 0 fully saturated rings. The van der Waals surface area contributed by atoms with Crippen molar-refractivity contribution in [2.75, 3.05) is 5.32 Å². The molecule has 6 heteroatoms. The molecular formula is C11H11Cl2N3S. The van der Waals surface area contributed by atoms with Gasteiger partial charge in [-0.15, -0.1) is 21.5 Å². The van der Waals surface area contributed by atoms with Gasteiger partial charge in [0.05, 0.1) is 5.69 Å². The van der Waals surface area contributed by atoms with Gasteiger partial charge in [-0.1, -0.05) is 30.1 Å². The van der Waals surface area contributed by atoms with E-state index >= 15 is 0 Å². The third-order valence-corrected chi connectivity index (χ3v) is 3.93. The van der Waals surface area contributed by atoms with Crippen LogP contribution in [0.15, 0.2) is 18.2 Å². The summed E-state index contributed by atoms with van der Waals surface area (Å²) >= 11 is 13.4. The summed E-state index contributed by atoms with van der Waals surface area (Å²) in [6.45, 7) is 2.86. The molecule has 0 aliphatic carbocycles. The van der Waals surface area contributed by atoms with Crippen molar-refractivity contribution in [1.29, 1.82) is 0 Å². The number of hydrogen-bond donors (Lipinski definition) is 1. The minimum absolute atomic E-state index is 0.331. The number of nitrogens with one attached hydrogen (secondary N) is 1. The Labute approximate surface area is 114 Å². The van der Waals surface area contributed by atoms with Gasteiger partial charge in [0.15, 0.2) is 10.3 Å². The van der Waals surface area contributed by atoms with Gasteiger partial charge >= 0.3 is 0 Å². The predicted molar refractivity (Wildman–Crippen MR) is 73.1 cm³/mol. The van der Waals surface area contributed by atoms with E-state index in [2.05, 4.69) is 34.6 Å². The molecule has 0 aliphatic heterocycles. The largest absolute Gasteiger partial charge is 0.378 e. The fraction of sp³-hybridized carbons (Fsp3) is 0.273. The quantitative estimate of drug-likeness (QED) is 0.923. The topological polar surface area (TPSA) is 37.8 Å². The average molecular weight is 288 g/mol. The monoisotopic (exact) mass is 287 g/mol. The van der Waals surface area contributed by atoms with Crippen molar-refractivity contribution in [2.24, 2.45) is 0 Å². The number of thiophene rings is 1. The zero-order chi connectivity index (χ0) is 12.3. The number of aromatic nitrogens is 2. The van der Waals surface area contributed by atoms with E-state index in [-0.39, 0.29) is 0 Å². The summed E-state index contributed by atoms with van der Waals surface area (Å²) in [4.78, 5) is 2.63. The van der Waals surface area contributed by atoms with Crippen molar-refractivity contribution < 1.29 is 0 Å². The molecule has 17 heavy (non-hydrogen) atoms. The van der Waals surface area contributed by atoms with E-state index in [4.69, 9.17) is 23.2 Å². The lowest BCUT2D eigenvalue weighted by Crippen LogP contribution is -2.00. The number of aryl methyl sites for hydroxylation is 1. The molecule has 2 rings (SSSR count). The first-order valence-corrected chi connectivity index (χ1v) is 6.76. The number of nitrogens with zero attached hydrogens (tertiary/aromatic N) is 2. The lowest BCUT2D eigenvalue weighted by molar-refractivity contribution is 1.02. The van der Waals surface area contributed by atoms with Crippen LogP contribution in [0.1, 0.15) is 16.7 Å². The molecule has 90 valence electrons. The molecule has 2 aromatic heterocycles. The van der Waals surface area contributed by atoms with Gasteiger partial charge in [0, 0.05) is 22.4 Å². The summed E-state index contributed by atoms with van der Waals surface area (Å²) in [7, 11) is 0. The Balaban J connectivity index is 2.04. The molecule has 0 aromatic carbocycles. The van der Waals surface area contributed by atoms with E-state index in [9.17, 15) is 0 Å². The second-order valence-corrected chi connectivity index (χ2v) is 5.44. The SMILES string of the molecule is CCc1ccc(CNc2cc(Cl)nnc2Cl)s1. The number of rotatable bonds is 4. The molecule has 0 bridgehead atoms. The van der Waals surface area contributed by atoms with Crippen LogP contribution < -0.4 is 5.32 Å². The van der Waals surface area contributed by atoms with E-state index in [0.29, 0.717) is 22.5 Å². The van der Waals surface area contributed by atoms with Crippen LogP contribution in [-0.2, 0) is 13.0 Å². The van der Waals surface area contributed by atoms with E-state index in [1.807, 2.05) is 0 Å². The molecule has 0 saturated heterocycles. The Bertz CT molecular complexity index is 513. The van der Waals surface area contributed by atoms with Gasteiger partial charge in [0.1, 0.15) is 0 Å². The van der Waals surface area contributed by atoms with Crippen molar-refractivity contribution in [3.8, 4) is 0 Å². The highest BCUT2D eigenvalue weighted by Gasteiger charge is 2.04. The van der Waals surface area contributed by atoms with Gasteiger partial charge in [0.2, 0.25) is 0 Å². The highest BCUT2D eigenvalue weighted by Crippen LogP contribution is 2.23. The summed E-state index contributed by atoms with van der Waals surface area (Å²) in [6, 6.07) is 5.92. The first-order valence-electron chi connectivity index (χ1n) is 5.19. The fourth-order valence-electron chi connectivity index (χ4n) is 1.37. The second kappa shape index (κ2) is 5.67. The van der Waals surface area contributed by atoms with Crippen molar-refractivity contribution >= 4 is 40.2 Å². The number of anilines is 1. The molecule has 2 heterocycles. The van der Waals surface area contributed by atoms with Gasteiger partial charge in [-0.25, -0.2) is 0 Å². The minimum atomic E-state index is 0.331. The Morgan fingerprint density at radius 2 is 2.00 bits per heavy atom. The highest BCUT2D eigenvalue weighted by molar-refractivity contribution is 7.12. The van der Waals surface area contributed by atoms with Crippen LogP contribution in [0.5, 0.6) is 0 Å². The van der Waals surface area contributed by atoms with Crippen LogP contribution in [0, 0.1) is 0 Å².